The molecule has 0 spiro atoms. The minimum Gasteiger partial charge on any atom is -0.508 e. The van der Waals surface area contributed by atoms with Crippen LogP contribution in [0, 0.1) is 5.92 Å². The average Bonchev–Trinajstić information content (AvgIpc) is 2.86. The molecule has 0 fully saturated rings. The highest BCUT2D eigenvalue weighted by Gasteiger charge is 2.29. The van der Waals surface area contributed by atoms with Crippen LogP contribution in [0.2, 0.25) is 0 Å². The molecule has 0 saturated carbocycles. The molecule has 0 aliphatic rings. The molecule has 3 heteroatoms. The summed E-state index contributed by atoms with van der Waals surface area (Å²) in [5.41, 5.74) is 5.49. The maximum atomic E-state index is 9.86. The fourth-order valence-corrected chi connectivity index (χ4v) is 4.75. The minimum atomic E-state index is -0.129. The van der Waals surface area contributed by atoms with Gasteiger partial charge in [-0.05, 0) is 77.4 Å². The molecule has 0 amide bonds. The van der Waals surface area contributed by atoms with E-state index in [0.29, 0.717) is 11.7 Å². The predicted octanol–water partition coefficient (Wildman–Crippen LogP) is 8.46. The molecular formula is C33H38O3. The minimum absolute atomic E-state index is 0.129. The number of phenolic OH excluding ortho intramolecular Hbond substituents is 3. The average molecular weight is 483 g/mol. The molecule has 4 rings (SSSR count). The van der Waals surface area contributed by atoms with Crippen LogP contribution < -0.4 is 0 Å². The smallest absolute Gasteiger partial charge is 0.123 e. The second-order valence-corrected chi connectivity index (χ2v) is 9.99. The van der Waals surface area contributed by atoms with Crippen molar-refractivity contribution in [3.05, 3.63) is 114 Å². The summed E-state index contributed by atoms with van der Waals surface area (Å²) in [5.74, 6) is 1.46. The Balaban J connectivity index is 0.000000205. The van der Waals surface area contributed by atoms with Crippen molar-refractivity contribution in [2.75, 3.05) is 0 Å². The number of hydrogen-bond donors (Lipinski definition) is 3. The van der Waals surface area contributed by atoms with Crippen molar-refractivity contribution in [2.45, 2.75) is 52.4 Å². The van der Waals surface area contributed by atoms with Crippen molar-refractivity contribution in [2.24, 2.45) is 5.92 Å². The standard InChI is InChI=1S/C18H22O2.C15H16O/c1-13(2)12-18(3,14-4-8-16(19)9-5-14)15-6-10-17(20)11-7-15;1-2-6-12-9-10-15(16)14(11-12)13-7-4-3-5-8-13/h4-11,13,19-20H,12H2,1-3H3;3-5,7-11,16H,2,6H2,1H3. The first-order valence-corrected chi connectivity index (χ1v) is 12.7. The molecule has 0 unspecified atom stereocenters. The van der Waals surface area contributed by atoms with Crippen LogP contribution in [0.4, 0.5) is 0 Å². The highest BCUT2D eigenvalue weighted by molar-refractivity contribution is 5.70. The Labute approximate surface area is 215 Å². The van der Waals surface area contributed by atoms with Crippen molar-refractivity contribution in [3.8, 4) is 28.4 Å². The summed E-state index contributed by atoms with van der Waals surface area (Å²) in [6.45, 7) is 8.79. The second kappa shape index (κ2) is 12.3. The first kappa shape index (κ1) is 26.9. The molecule has 188 valence electrons. The number of phenols is 3. The summed E-state index contributed by atoms with van der Waals surface area (Å²) in [5, 5.41) is 28.8. The lowest BCUT2D eigenvalue weighted by molar-refractivity contribution is 0.424. The molecule has 0 bridgehead atoms. The SMILES string of the molecule is CC(C)CC(C)(c1ccc(O)cc1)c1ccc(O)cc1.CCCc1ccc(O)c(-c2ccccc2)c1. The summed E-state index contributed by atoms with van der Waals surface area (Å²) in [6, 6.07) is 30.7. The van der Waals surface area contributed by atoms with Gasteiger partial charge in [0, 0.05) is 11.0 Å². The Hall–Kier alpha value is -3.72. The summed E-state index contributed by atoms with van der Waals surface area (Å²) < 4.78 is 0. The Bertz CT molecular complexity index is 1160. The summed E-state index contributed by atoms with van der Waals surface area (Å²) in [7, 11) is 0. The van der Waals surface area contributed by atoms with E-state index in [-0.39, 0.29) is 16.9 Å². The zero-order valence-corrected chi connectivity index (χ0v) is 21.8. The number of aromatic hydroxyl groups is 3. The van der Waals surface area contributed by atoms with Crippen LogP contribution >= 0.6 is 0 Å². The third kappa shape index (κ3) is 6.91. The van der Waals surface area contributed by atoms with Crippen molar-refractivity contribution < 1.29 is 15.3 Å². The van der Waals surface area contributed by atoms with Gasteiger partial charge in [0.15, 0.2) is 0 Å². The van der Waals surface area contributed by atoms with Gasteiger partial charge in [0.25, 0.3) is 0 Å². The van der Waals surface area contributed by atoms with Crippen molar-refractivity contribution in [1.82, 2.24) is 0 Å². The Morgan fingerprint density at radius 2 is 1.22 bits per heavy atom. The lowest BCUT2D eigenvalue weighted by atomic mass is 9.71. The van der Waals surface area contributed by atoms with Crippen molar-refractivity contribution >= 4 is 0 Å². The fraction of sp³-hybridized carbons (Fsp3) is 0.273. The monoisotopic (exact) mass is 482 g/mol. The molecule has 36 heavy (non-hydrogen) atoms. The molecular weight excluding hydrogens is 444 g/mol. The van der Waals surface area contributed by atoms with Crippen LogP contribution in [0.25, 0.3) is 11.1 Å². The number of aryl methyl sites for hydroxylation is 1. The molecule has 0 heterocycles. The second-order valence-electron chi connectivity index (χ2n) is 9.99. The van der Waals surface area contributed by atoms with Gasteiger partial charge in [0.2, 0.25) is 0 Å². The van der Waals surface area contributed by atoms with Gasteiger partial charge in [-0.1, -0.05) is 94.8 Å². The lowest BCUT2D eigenvalue weighted by Gasteiger charge is -2.33. The van der Waals surface area contributed by atoms with E-state index in [4.69, 9.17) is 0 Å². The van der Waals surface area contributed by atoms with Crippen LogP contribution in [0.5, 0.6) is 17.2 Å². The van der Waals surface area contributed by atoms with E-state index in [1.807, 2.05) is 60.7 Å². The van der Waals surface area contributed by atoms with E-state index >= 15 is 0 Å². The highest BCUT2D eigenvalue weighted by Crippen LogP contribution is 2.39. The van der Waals surface area contributed by atoms with Gasteiger partial charge in [0.1, 0.15) is 17.2 Å². The van der Waals surface area contributed by atoms with E-state index in [1.54, 1.807) is 30.3 Å². The molecule has 0 aliphatic carbocycles. The van der Waals surface area contributed by atoms with Crippen LogP contribution in [0.3, 0.4) is 0 Å². The third-order valence-corrected chi connectivity index (χ3v) is 6.51. The molecule has 0 atom stereocenters. The van der Waals surface area contributed by atoms with Gasteiger partial charge in [-0.3, -0.25) is 0 Å². The molecule has 0 saturated heterocycles. The molecule has 3 nitrogen and oxygen atoms in total. The van der Waals surface area contributed by atoms with Gasteiger partial charge in [-0.2, -0.15) is 0 Å². The molecule has 0 aromatic heterocycles. The quantitative estimate of drug-likeness (QED) is 0.248. The Morgan fingerprint density at radius 1 is 0.694 bits per heavy atom. The zero-order valence-electron chi connectivity index (χ0n) is 21.8. The maximum Gasteiger partial charge on any atom is 0.123 e. The summed E-state index contributed by atoms with van der Waals surface area (Å²) in [4.78, 5) is 0. The first-order valence-electron chi connectivity index (χ1n) is 12.7. The summed E-state index contributed by atoms with van der Waals surface area (Å²) in [6.07, 6.45) is 3.18. The highest BCUT2D eigenvalue weighted by atomic mass is 16.3. The van der Waals surface area contributed by atoms with Crippen LogP contribution in [0.15, 0.2) is 97.1 Å². The van der Waals surface area contributed by atoms with Crippen molar-refractivity contribution in [3.63, 3.8) is 0 Å². The van der Waals surface area contributed by atoms with Crippen LogP contribution in [-0.4, -0.2) is 15.3 Å². The largest absolute Gasteiger partial charge is 0.508 e. The predicted molar refractivity (Wildman–Crippen MR) is 150 cm³/mol. The van der Waals surface area contributed by atoms with E-state index in [2.05, 4.69) is 33.8 Å². The molecule has 4 aromatic carbocycles. The van der Waals surface area contributed by atoms with Crippen molar-refractivity contribution in [1.29, 1.82) is 0 Å². The molecule has 3 N–H and O–H groups in total. The van der Waals surface area contributed by atoms with Gasteiger partial charge in [-0.15, -0.1) is 0 Å². The van der Waals surface area contributed by atoms with Gasteiger partial charge in [-0.25, -0.2) is 0 Å². The lowest BCUT2D eigenvalue weighted by Crippen LogP contribution is -2.25. The topological polar surface area (TPSA) is 60.7 Å². The van der Waals surface area contributed by atoms with Gasteiger partial charge < -0.3 is 15.3 Å². The third-order valence-electron chi connectivity index (χ3n) is 6.51. The normalized spacial score (nSPS) is 11.1. The van der Waals surface area contributed by atoms with Gasteiger partial charge >= 0.3 is 0 Å². The number of benzene rings is 4. The zero-order chi connectivity index (χ0) is 26.1. The van der Waals surface area contributed by atoms with E-state index in [9.17, 15) is 15.3 Å². The maximum absolute atomic E-state index is 9.86. The van der Waals surface area contributed by atoms with E-state index < -0.39 is 0 Å². The van der Waals surface area contributed by atoms with E-state index in [1.165, 1.54) is 16.7 Å². The molecule has 4 aromatic rings. The number of hydrogen-bond acceptors (Lipinski definition) is 3. The van der Waals surface area contributed by atoms with Crippen LogP contribution in [-0.2, 0) is 11.8 Å². The molecule has 0 aliphatic heterocycles. The van der Waals surface area contributed by atoms with Crippen LogP contribution in [0.1, 0.15) is 57.2 Å². The van der Waals surface area contributed by atoms with E-state index in [0.717, 1.165) is 30.4 Å². The first-order chi connectivity index (χ1) is 17.2. The summed E-state index contributed by atoms with van der Waals surface area (Å²) >= 11 is 0. The fourth-order valence-electron chi connectivity index (χ4n) is 4.75. The Kier molecular flexibility index (Phi) is 9.19. The van der Waals surface area contributed by atoms with Gasteiger partial charge in [0.05, 0.1) is 0 Å². The molecule has 0 radical (unpaired) electrons. The Morgan fingerprint density at radius 3 is 1.69 bits per heavy atom. The number of rotatable bonds is 7.